The van der Waals surface area contributed by atoms with Gasteiger partial charge in [0, 0.05) is 18.9 Å². The smallest absolute Gasteiger partial charge is 0.0833 e. The highest BCUT2D eigenvalue weighted by Gasteiger charge is 2.41. The molecule has 0 amide bonds. The molecule has 0 fully saturated rings. The van der Waals surface area contributed by atoms with Gasteiger partial charge in [0.25, 0.3) is 0 Å². The fraction of sp³-hybridized carbons (Fsp3) is 0.308. The lowest BCUT2D eigenvalue weighted by Gasteiger charge is -2.37. The number of nitrogens with zero attached hydrogens (tertiary/aromatic N) is 1. The van der Waals surface area contributed by atoms with Crippen molar-refractivity contribution in [1.82, 2.24) is 0 Å². The van der Waals surface area contributed by atoms with Crippen molar-refractivity contribution in [2.75, 3.05) is 0 Å². The van der Waals surface area contributed by atoms with E-state index in [1.165, 1.54) is 16.7 Å². The molecule has 0 saturated heterocycles. The first-order valence-electron chi connectivity index (χ1n) is 10.7. The van der Waals surface area contributed by atoms with E-state index < -0.39 is 17.8 Å². The number of aryl methyl sites for hydroxylation is 1. The average molecular weight is 434 g/mol. The van der Waals surface area contributed by atoms with Crippen molar-refractivity contribution < 1.29 is 4.21 Å². The number of fused-ring (bicyclic) bond motifs is 1. The van der Waals surface area contributed by atoms with Crippen LogP contribution in [0.5, 0.6) is 0 Å². The van der Waals surface area contributed by atoms with Gasteiger partial charge in [0.15, 0.2) is 0 Å². The van der Waals surface area contributed by atoms with E-state index >= 15 is 0 Å². The quantitative estimate of drug-likeness (QED) is 0.391. The van der Waals surface area contributed by atoms with E-state index in [0.29, 0.717) is 0 Å². The summed E-state index contributed by atoms with van der Waals surface area (Å²) in [5.74, 6) is 0.196. The van der Waals surface area contributed by atoms with Crippen LogP contribution < -0.4 is 0 Å². The summed E-state index contributed by atoms with van der Waals surface area (Å²) in [6.45, 7) is 9.20. The second-order valence-corrected chi connectivity index (χ2v) is 17.6. The minimum absolute atomic E-state index is 0.0157. The van der Waals surface area contributed by atoms with Crippen LogP contribution in [-0.2, 0) is 16.1 Å². The van der Waals surface area contributed by atoms with Gasteiger partial charge >= 0.3 is 0 Å². The Balaban J connectivity index is 1.92. The molecule has 156 valence electrons. The van der Waals surface area contributed by atoms with Crippen molar-refractivity contribution in [2.24, 2.45) is 4.36 Å². The van der Waals surface area contributed by atoms with Gasteiger partial charge in [-0.05, 0) is 48.7 Å². The number of hydrogen-bond acceptors (Lipinski definition) is 2. The lowest BCUT2D eigenvalue weighted by Crippen LogP contribution is -2.38. The molecule has 1 unspecified atom stereocenters. The Morgan fingerprint density at radius 1 is 0.867 bits per heavy atom. The number of hydrogen-bond donors (Lipinski definition) is 0. The van der Waals surface area contributed by atoms with E-state index in [-0.39, 0.29) is 11.2 Å². The first-order chi connectivity index (χ1) is 14.3. The molecule has 30 heavy (non-hydrogen) atoms. The summed E-state index contributed by atoms with van der Waals surface area (Å²) in [6, 6.07) is 28.1. The number of benzene rings is 3. The van der Waals surface area contributed by atoms with Crippen molar-refractivity contribution in [1.29, 1.82) is 0 Å². The zero-order valence-electron chi connectivity index (χ0n) is 18.3. The average Bonchev–Trinajstić information content (AvgIpc) is 2.71. The molecule has 0 saturated carbocycles. The van der Waals surface area contributed by atoms with E-state index in [1.807, 2.05) is 24.3 Å². The minimum Gasteiger partial charge on any atom is -0.244 e. The monoisotopic (exact) mass is 433 g/mol. The third-order valence-corrected chi connectivity index (χ3v) is 10.6. The minimum atomic E-state index is -2.58. The highest BCUT2D eigenvalue weighted by molar-refractivity contribution is 7.94. The van der Waals surface area contributed by atoms with Crippen LogP contribution in [0.3, 0.4) is 0 Å². The normalized spacial score (nSPS) is 23.5. The van der Waals surface area contributed by atoms with Crippen molar-refractivity contribution >= 4 is 23.5 Å². The molecule has 3 atom stereocenters. The molecule has 1 aliphatic rings. The highest BCUT2D eigenvalue weighted by atomic mass is 32.2. The van der Waals surface area contributed by atoms with Crippen LogP contribution >= 0.6 is 0 Å². The van der Waals surface area contributed by atoms with Crippen LogP contribution in [0.1, 0.15) is 22.6 Å². The summed E-state index contributed by atoms with van der Waals surface area (Å²) in [4.78, 5) is 0.879. The molecule has 1 heterocycles. The summed E-state index contributed by atoms with van der Waals surface area (Å²) in [5, 5.41) is 0.0157. The van der Waals surface area contributed by atoms with E-state index in [9.17, 15) is 4.21 Å². The Hall–Kier alpha value is -2.17. The van der Waals surface area contributed by atoms with Crippen LogP contribution in [0.15, 0.2) is 88.1 Å². The Kier molecular flexibility index (Phi) is 5.73. The largest absolute Gasteiger partial charge is 0.244 e. The molecule has 0 spiro atoms. The summed E-state index contributed by atoms with van der Waals surface area (Å²) < 4.78 is 19.7. The molecule has 2 nitrogen and oxygen atoms in total. The Bertz CT molecular complexity index is 1140. The van der Waals surface area contributed by atoms with Gasteiger partial charge in [0.1, 0.15) is 0 Å². The maximum atomic E-state index is 14.7. The molecule has 4 heteroatoms. The van der Waals surface area contributed by atoms with E-state index in [2.05, 4.69) is 81.2 Å². The van der Waals surface area contributed by atoms with Gasteiger partial charge in [0.05, 0.1) is 20.7 Å². The summed E-state index contributed by atoms with van der Waals surface area (Å²) in [6.07, 6.45) is 0.894. The lowest BCUT2D eigenvalue weighted by atomic mass is 9.88. The van der Waals surface area contributed by atoms with Gasteiger partial charge in [-0.3, -0.25) is 0 Å². The second kappa shape index (κ2) is 8.16. The summed E-state index contributed by atoms with van der Waals surface area (Å²) in [5.41, 5.74) is 4.62. The van der Waals surface area contributed by atoms with Crippen LogP contribution in [0.25, 0.3) is 0 Å². The van der Waals surface area contributed by atoms with Crippen LogP contribution in [-0.4, -0.2) is 17.5 Å². The van der Waals surface area contributed by atoms with Crippen molar-refractivity contribution in [3.63, 3.8) is 0 Å². The molecule has 0 radical (unpaired) electrons. The summed E-state index contributed by atoms with van der Waals surface area (Å²) in [7, 11) is -4.08. The highest BCUT2D eigenvalue weighted by Crippen LogP contribution is 2.46. The SMILES string of the molecule is Cc1ccc(S2(=O)=Nc3ccccc3[C@H](Cc3ccccc3)[C@H]2C[Si](C)(C)C)cc1. The lowest BCUT2D eigenvalue weighted by molar-refractivity contribution is 0.612. The molecule has 3 aromatic rings. The molecule has 0 aromatic heterocycles. The number of rotatable bonds is 5. The molecule has 0 N–H and O–H groups in total. The Morgan fingerprint density at radius 3 is 2.17 bits per heavy atom. The molecule has 1 aliphatic heterocycles. The van der Waals surface area contributed by atoms with Gasteiger partial charge in [-0.1, -0.05) is 85.9 Å². The Morgan fingerprint density at radius 2 is 1.50 bits per heavy atom. The molecular weight excluding hydrogens is 402 g/mol. The fourth-order valence-electron chi connectivity index (χ4n) is 4.45. The van der Waals surface area contributed by atoms with Crippen molar-refractivity contribution in [2.45, 2.75) is 55.1 Å². The van der Waals surface area contributed by atoms with Gasteiger partial charge in [-0.15, -0.1) is 0 Å². The predicted molar refractivity (Wildman–Crippen MR) is 131 cm³/mol. The molecule has 0 aliphatic carbocycles. The van der Waals surface area contributed by atoms with E-state index in [0.717, 1.165) is 23.0 Å². The van der Waals surface area contributed by atoms with Gasteiger partial charge < -0.3 is 0 Å². The van der Waals surface area contributed by atoms with Gasteiger partial charge in [-0.2, -0.15) is 4.36 Å². The third-order valence-electron chi connectivity index (χ3n) is 5.90. The molecule has 4 rings (SSSR count). The topological polar surface area (TPSA) is 29.4 Å². The molecule has 3 aromatic carbocycles. The standard InChI is InChI=1S/C26H31NOSSi/c1-20-14-16-22(17-15-20)29(28)26(19-30(2,3)4)24(18-21-10-6-5-7-11-21)23-12-8-9-13-25(23)27-29/h5-17,24,26H,18-19H2,1-4H3/t24-,26+,29?/m0/s1. The zero-order chi connectivity index (χ0) is 21.4. The van der Waals surface area contributed by atoms with Gasteiger partial charge in [-0.25, -0.2) is 4.21 Å². The van der Waals surface area contributed by atoms with Crippen LogP contribution in [0, 0.1) is 6.92 Å². The third kappa shape index (κ3) is 4.30. The van der Waals surface area contributed by atoms with Crippen molar-refractivity contribution in [3.05, 3.63) is 95.6 Å². The van der Waals surface area contributed by atoms with E-state index in [4.69, 9.17) is 4.36 Å². The zero-order valence-corrected chi connectivity index (χ0v) is 20.2. The van der Waals surface area contributed by atoms with Crippen LogP contribution in [0.4, 0.5) is 5.69 Å². The maximum Gasteiger partial charge on any atom is 0.0833 e. The second-order valence-electron chi connectivity index (χ2n) is 9.63. The van der Waals surface area contributed by atoms with Gasteiger partial charge in [0.2, 0.25) is 0 Å². The molecule has 0 bridgehead atoms. The Labute approximate surface area is 182 Å². The summed E-state index contributed by atoms with van der Waals surface area (Å²) >= 11 is 0. The first kappa shape index (κ1) is 21.1. The van der Waals surface area contributed by atoms with Crippen LogP contribution in [0.2, 0.25) is 25.7 Å². The first-order valence-corrected chi connectivity index (χ1v) is 16.0. The predicted octanol–water partition coefficient (Wildman–Crippen LogP) is 7.20. The fourth-order valence-corrected chi connectivity index (χ4v) is 10.6. The van der Waals surface area contributed by atoms with Crippen molar-refractivity contribution in [3.8, 4) is 0 Å². The van der Waals surface area contributed by atoms with E-state index in [1.54, 1.807) is 0 Å². The maximum absolute atomic E-state index is 14.7. The molecular formula is C26H31NOSSi.